The second kappa shape index (κ2) is 7.65. The summed E-state index contributed by atoms with van der Waals surface area (Å²) < 4.78 is 36.8. The first-order valence-electron chi connectivity index (χ1n) is 8.38. The number of hydrogen-bond donors (Lipinski definition) is 1. The highest BCUT2D eigenvalue weighted by molar-refractivity contribution is 7.87. The Bertz CT molecular complexity index is 782. The smallest absolute Gasteiger partial charge is 0.279 e. The molecule has 0 aliphatic carbocycles. The molecule has 0 amide bonds. The molecule has 0 saturated carbocycles. The van der Waals surface area contributed by atoms with Gasteiger partial charge in [-0.25, -0.2) is 0 Å². The summed E-state index contributed by atoms with van der Waals surface area (Å²) in [6, 6.07) is 9.65. The minimum atomic E-state index is -3.55. The van der Waals surface area contributed by atoms with Crippen molar-refractivity contribution in [3.8, 4) is 0 Å². The highest BCUT2D eigenvalue weighted by atomic mass is 32.2. The minimum absolute atomic E-state index is 0.104. The van der Waals surface area contributed by atoms with Crippen LogP contribution in [0.4, 0.5) is 0 Å². The fraction of sp³-hybridized carbons (Fsp3) is 0.471. The molecule has 3 rings (SSSR count). The number of nitrogens with one attached hydrogen (secondary N) is 1. The number of nitrogens with zero attached hydrogens (tertiary/aromatic N) is 3. The van der Waals surface area contributed by atoms with Gasteiger partial charge in [0.1, 0.15) is 0 Å². The van der Waals surface area contributed by atoms with Gasteiger partial charge in [0.15, 0.2) is 0 Å². The maximum atomic E-state index is 12.6. The normalized spacial score (nSPS) is 22.2. The maximum Gasteiger partial charge on any atom is 0.279 e. The van der Waals surface area contributed by atoms with E-state index in [0.717, 1.165) is 11.1 Å². The zero-order valence-corrected chi connectivity index (χ0v) is 15.3. The quantitative estimate of drug-likeness (QED) is 0.840. The molecule has 1 aromatic heterocycles. The van der Waals surface area contributed by atoms with Crippen LogP contribution in [0.3, 0.4) is 0 Å². The van der Waals surface area contributed by atoms with Gasteiger partial charge in [0.05, 0.1) is 18.8 Å². The van der Waals surface area contributed by atoms with E-state index in [-0.39, 0.29) is 18.8 Å². The number of morpholine rings is 1. The van der Waals surface area contributed by atoms with Crippen LogP contribution >= 0.6 is 0 Å². The molecule has 25 heavy (non-hydrogen) atoms. The van der Waals surface area contributed by atoms with E-state index in [1.54, 1.807) is 6.20 Å². The third-order valence-electron chi connectivity index (χ3n) is 4.18. The summed E-state index contributed by atoms with van der Waals surface area (Å²) >= 11 is 0. The van der Waals surface area contributed by atoms with E-state index in [9.17, 15) is 8.42 Å². The van der Waals surface area contributed by atoms with Crippen LogP contribution in [-0.2, 0) is 28.0 Å². The molecule has 0 radical (unpaired) electrons. The van der Waals surface area contributed by atoms with Crippen LogP contribution in [0.5, 0.6) is 0 Å². The van der Waals surface area contributed by atoms with Crippen LogP contribution in [0.1, 0.15) is 25.0 Å². The Hall–Kier alpha value is -1.74. The SMILES string of the molecule is C[C@@H]1CN(S(=O)(=O)NCc2ccccc2Cn2cccn2)C[C@@H](C)O1. The Kier molecular flexibility index (Phi) is 5.53. The fourth-order valence-corrected chi connectivity index (χ4v) is 4.37. The first-order valence-corrected chi connectivity index (χ1v) is 9.82. The topological polar surface area (TPSA) is 76.5 Å². The molecule has 1 saturated heterocycles. The predicted octanol–water partition coefficient (Wildman–Crippen LogP) is 1.37. The summed E-state index contributed by atoms with van der Waals surface area (Å²) in [4.78, 5) is 0. The van der Waals surface area contributed by atoms with Gasteiger partial charge in [-0.2, -0.15) is 22.5 Å². The van der Waals surface area contributed by atoms with Crippen molar-refractivity contribution in [1.29, 1.82) is 0 Å². The molecule has 2 aromatic rings. The average Bonchev–Trinajstić information content (AvgIpc) is 3.06. The molecule has 8 heteroatoms. The van der Waals surface area contributed by atoms with Gasteiger partial charge in [-0.15, -0.1) is 0 Å². The zero-order chi connectivity index (χ0) is 17.9. The van der Waals surface area contributed by atoms with Crippen LogP contribution in [-0.4, -0.2) is 47.8 Å². The van der Waals surface area contributed by atoms with E-state index in [2.05, 4.69) is 9.82 Å². The Morgan fingerprint density at radius 2 is 1.84 bits per heavy atom. The van der Waals surface area contributed by atoms with Crippen molar-refractivity contribution < 1.29 is 13.2 Å². The zero-order valence-electron chi connectivity index (χ0n) is 14.5. The lowest BCUT2D eigenvalue weighted by Gasteiger charge is -2.34. The largest absolute Gasteiger partial charge is 0.373 e. The Balaban J connectivity index is 1.68. The van der Waals surface area contributed by atoms with E-state index in [1.807, 2.05) is 55.1 Å². The summed E-state index contributed by atoms with van der Waals surface area (Å²) in [5.41, 5.74) is 1.98. The van der Waals surface area contributed by atoms with Crippen LogP contribution in [0.15, 0.2) is 42.7 Å². The second-order valence-electron chi connectivity index (χ2n) is 6.37. The van der Waals surface area contributed by atoms with Crippen molar-refractivity contribution in [2.24, 2.45) is 0 Å². The molecule has 1 fully saturated rings. The second-order valence-corrected chi connectivity index (χ2v) is 8.13. The van der Waals surface area contributed by atoms with E-state index >= 15 is 0 Å². The lowest BCUT2D eigenvalue weighted by molar-refractivity contribution is -0.0444. The third kappa shape index (κ3) is 4.66. The van der Waals surface area contributed by atoms with E-state index < -0.39 is 10.2 Å². The van der Waals surface area contributed by atoms with Crippen LogP contribution in [0.2, 0.25) is 0 Å². The molecule has 0 spiro atoms. The van der Waals surface area contributed by atoms with Gasteiger partial charge in [-0.05, 0) is 31.0 Å². The highest BCUT2D eigenvalue weighted by Gasteiger charge is 2.30. The van der Waals surface area contributed by atoms with Crippen molar-refractivity contribution in [3.05, 3.63) is 53.9 Å². The number of aromatic nitrogens is 2. The van der Waals surface area contributed by atoms with Crippen LogP contribution in [0.25, 0.3) is 0 Å². The fourth-order valence-electron chi connectivity index (χ4n) is 3.04. The van der Waals surface area contributed by atoms with Gasteiger partial charge >= 0.3 is 0 Å². The van der Waals surface area contributed by atoms with Crippen molar-refractivity contribution in [2.45, 2.75) is 39.1 Å². The predicted molar refractivity (Wildman–Crippen MR) is 95.1 cm³/mol. The molecule has 1 N–H and O–H groups in total. The first-order chi connectivity index (χ1) is 11.9. The van der Waals surface area contributed by atoms with Crippen LogP contribution < -0.4 is 4.72 Å². The monoisotopic (exact) mass is 364 g/mol. The standard InChI is InChI=1S/C17H24N4O3S/c1-14-11-21(12-15(2)24-14)25(22,23)19-10-16-6-3-4-7-17(16)13-20-9-5-8-18-20/h3-9,14-15,19H,10-13H2,1-2H3/t14-,15-/m1/s1. The summed E-state index contributed by atoms with van der Waals surface area (Å²) in [6.07, 6.45) is 3.41. The van der Waals surface area contributed by atoms with Gasteiger partial charge in [-0.3, -0.25) is 4.68 Å². The van der Waals surface area contributed by atoms with Gasteiger partial charge in [0.25, 0.3) is 10.2 Å². The van der Waals surface area contributed by atoms with Gasteiger partial charge < -0.3 is 4.74 Å². The van der Waals surface area contributed by atoms with E-state index in [0.29, 0.717) is 19.6 Å². The Labute approximate surface area is 148 Å². The number of benzene rings is 1. The number of ether oxygens (including phenoxy) is 1. The lowest BCUT2D eigenvalue weighted by atomic mass is 10.1. The van der Waals surface area contributed by atoms with Gasteiger partial charge in [0.2, 0.25) is 0 Å². The Morgan fingerprint density at radius 3 is 2.48 bits per heavy atom. The molecule has 1 aliphatic heterocycles. The first kappa shape index (κ1) is 18.1. The Morgan fingerprint density at radius 1 is 1.16 bits per heavy atom. The van der Waals surface area contributed by atoms with Gasteiger partial charge in [0, 0.05) is 32.0 Å². The van der Waals surface area contributed by atoms with Crippen molar-refractivity contribution in [1.82, 2.24) is 18.8 Å². The molecular formula is C17H24N4O3S. The van der Waals surface area contributed by atoms with Crippen molar-refractivity contribution in [2.75, 3.05) is 13.1 Å². The van der Waals surface area contributed by atoms with Gasteiger partial charge in [-0.1, -0.05) is 24.3 Å². The third-order valence-corrected chi connectivity index (χ3v) is 5.67. The molecule has 1 aromatic carbocycles. The van der Waals surface area contributed by atoms with E-state index in [4.69, 9.17) is 4.74 Å². The lowest BCUT2D eigenvalue weighted by Crippen LogP contribution is -2.51. The van der Waals surface area contributed by atoms with Crippen LogP contribution in [0, 0.1) is 0 Å². The molecular weight excluding hydrogens is 340 g/mol. The molecule has 2 heterocycles. The summed E-state index contributed by atoms with van der Waals surface area (Å²) in [6.45, 7) is 5.37. The number of rotatable bonds is 6. The average molecular weight is 364 g/mol. The number of hydrogen-bond acceptors (Lipinski definition) is 4. The maximum absolute atomic E-state index is 12.6. The van der Waals surface area contributed by atoms with Crippen molar-refractivity contribution >= 4 is 10.2 Å². The van der Waals surface area contributed by atoms with E-state index in [1.165, 1.54) is 4.31 Å². The summed E-state index contributed by atoms with van der Waals surface area (Å²) in [5.74, 6) is 0. The molecule has 7 nitrogen and oxygen atoms in total. The van der Waals surface area contributed by atoms with Crippen molar-refractivity contribution in [3.63, 3.8) is 0 Å². The molecule has 0 bridgehead atoms. The minimum Gasteiger partial charge on any atom is -0.373 e. The molecule has 1 aliphatic rings. The summed E-state index contributed by atoms with van der Waals surface area (Å²) in [5, 5.41) is 4.21. The molecule has 136 valence electrons. The molecule has 2 atom stereocenters. The highest BCUT2D eigenvalue weighted by Crippen LogP contribution is 2.15. The summed E-state index contributed by atoms with van der Waals surface area (Å²) in [7, 11) is -3.55. The molecule has 0 unspecified atom stereocenters.